The van der Waals surface area contributed by atoms with Crippen molar-refractivity contribution in [3.63, 3.8) is 0 Å². The zero-order chi connectivity index (χ0) is 38.9. The lowest BCUT2D eigenvalue weighted by molar-refractivity contribution is -0.139. The van der Waals surface area contributed by atoms with E-state index in [1.54, 1.807) is 19.1 Å². The first-order chi connectivity index (χ1) is 25.2. The number of carboxylic acids is 1. The van der Waals surface area contributed by atoms with E-state index in [0.717, 1.165) is 0 Å². The topological polar surface area (TPSA) is 357 Å². The summed E-state index contributed by atoms with van der Waals surface area (Å²) in [6, 6.07) is 4.49. The molecule has 0 aliphatic rings. The largest absolute Gasteiger partial charge is 0.480 e. The third-order valence-corrected chi connectivity index (χ3v) is 7.21. The molecule has 3 rings (SSSR count). The number of carbonyl (C=O) groups is 6. The van der Waals surface area contributed by atoms with Gasteiger partial charge in [-0.1, -0.05) is 0 Å². The van der Waals surface area contributed by atoms with Crippen molar-refractivity contribution in [1.82, 2.24) is 46.5 Å². The number of hydrogen-bond acceptors (Lipinski definition) is 13. The molecule has 5 amide bonds. The van der Waals surface area contributed by atoms with Crippen molar-refractivity contribution in [2.45, 2.75) is 51.2 Å². The monoisotopic (exact) mass is 738 g/mol. The van der Waals surface area contributed by atoms with Gasteiger partial charge in [0, 0.05) is 30.3 Å². The zero-order valence-electron chi connectivity index (χ0n) is 28.7. The van der Waals surface area contributed by atoms with E-state index in [9.17, 15) is 38.7 Å². The minimum Gasteiger partial charge on any atom is -0.480 e. The number of nitrogens with two attached hydrogens (primary N) is 3. The van der Waals surface area contributed by atoms with Crippen LogP contribution in [-0.4, -0.2) is 105 Å². The SMILES string of the molecule is C[C@H](CCCN=C(N)N)NC(=O)CNC(=O)CNC(=O)CNC(=O)CC[C@H](NC(=O)c1ccc(NCc2cnc3nc(N)[nH]c(=O)c3n2)cc1)C(=O)O. The summed E-state index contributed by atoms with van der Waals surface area (Å²) in [4.78, 5) is 103. The van der Waals surface area contributed by atoms with E-state index < -0.39 is 60.2 Å². The van der Waals surface area contributed by atoms with Crippen LogP contribution in [-0.2, 0) is 30.5 Å². The third-order valence-electron chi connectivity index (χ3n) is 7.21. The number of aromatic nitrogens is 4. The van der Waals surface area contributed by atoms with Gasteiger partial charge in [0.05, 0.1) is 38.1 Å². The fourth-order valence-electron chi connectivity index (χ4n) is 4.52. The van der Waals surface area contributed by atoms with Gasteiger partial charge in [0.15, 0.2) is 17.1 Å². The molecule has 0 saturated heterocycles. The van der Waals surface area contributed by atoms with Crippen LogP contribution in [0, 0.1) is 0 Å². The van der Waals surface area contributed by atoms with Crippen molar-refractivity contribution < 1.29 is 33.9 Å². The number of nitrogen functional groups attached to an aromatic ring is 1. The smallest absolute Gasteiger partial charge is 0.326 e. The number of rotatable bonds is 20. The number of hydrogen-bond donors (Lipinski definition) is 11. The average molecular weight is 739 g/mol. The number of nitrogens with zero attached hydrogens (tertiary/aromatic N) is 4. The summed E-state index contributed by atoms with van der Waals surface area (Å²) in [5.74, 6) is -4.57. The second-order valence-electron chi connectivity index (χ2n) is 11.6. The van der Waals surface area contributed by atoms with Gasteiger partial charge in [0.1, 0.15) is 6.04 Å². The summed E-state index contributed by atoms with van der Waals surface area (Å²) in [5.41, 5.74) is 16.8. The molecule has 14 N–H and O–H groups in total. The van der Waals surface area contributed by atoms with Gasteiger partial charge in [0.25, 0.3) is 11.5 Å². The van der Waals surface area contributed by atoms with Crippen LogP contribution in [0.3, 0.4) is 0 Å². The van der Waals surface area contributed by atoms with Crippen LogP contribution in [0.5, 0.6) is 0 Å². The first-order valence-corrected chi connectivity index (χ1v) is 16.2. The number of guanidine groups is 1. The molecule has 22 heteroatoms. The third kappa shape index (κ3) is 14.5. The fourth-order valence-corrected chi connectivity index (χ4v) is 4.52. The normalized spacial score (nSPS) is 11.7. The molecule has 0 radical (unpaired) electrons. The average Bonchev–Trinajstić information content (AvgIpc) is 3.11. The van der Waals surface area contributed by atoms with Crippen LogP contribution in [0.1, 0.15) is 48.7 Å². The Hall–Kier alpha value is -6.87. The highest BCUT2D eigenvalue weighted by atomic mass is 16.4. The van der Waals surface area contributed by atoms with Gasteiger partial charge >= 0.3 is 5.97 Å². The summed E-state index contributed by atoms with van der Waals surface area (Å²) >= 11 is 0. The van der Waals surface area contributed by atoms with Crippen molar-refractivity contribution >= 4 is 64.3 Å². The summed E-state index contributed by atoms with van der Waals surface area (Å²) in [6.07, 6.45) is 2.09. The molecule has 0 fully saturated rings. The molecule has 0 saturated carbocycles. The van der Waals surface area contributed by atoms with Gasteiger partial charge in [-0.3, -0.25) is 38.7 Å². The Bertz CT molecular complexity index is 1880. The maximum Gasteiger partial charge on any atom is 0.326 e. The highest BCUT2D eigenvalue weighted by molar-refractivity contribution is 5.97. The van der Waals surface area contributed by atoms with Crippen molar-refractivity contribution in [3.05, 3.63) is 52.1 Å². The molecule has 2 atom stereocenters. The van der Waals surface area contributed by atoms with Crippen LogP contribution in [0.2, 0.25) is 0 Å². The number of aromatic amines is 1. The number of aliphatic carboxylic acids is 1. The van der Waals surface area contributed by atoms with E-state index in [-0.39, 0.29) is 60.6 Å². The Kier molecular flexibility index (Phi) is 15.4. The lowest BCUT2D eigenvalue weighted by Crippen LogP contribution is -2.45. The van der Waals surface area contributed by atoms with Gasteiger partial charge in [-0.25, -0.2) is 14.8 Å². The van der Waals surface area contributed by atoms with Crippen LogP contribution in [0.15, 0.2) is 40.2 Å². The van der Waals surface area contributed by atoms with Crippen molar-refractivity contribution in [3.8, 4) is 0 Å². The van der Waals surface area contributed by atoms with Crippen LogP contribution < -0.4 is 54.7 Å². The van der Waals surface area contributed by atoms with Crippen molar-refractivity contribution in [1.29, 1.82) is 0 Å². The standard InChI is InChI=1S/C31H42N14O8/c1-16(3-2-10-35-30(32)33)41-24(49)15-39-23(48)14-38-22(47)13-37-21(46)9-8-20(29(52)53)43-27(50)17-4-6-18(7-5-17)36-11-19-12-40-26-25(42-19)28(51)45-31(34)44-26/h4-7,12,16,20,36H,2-3,8-11,13-15H2,1H3,(H,37,46)(H,38,47)(H,39,48)(H,41,49)(H,43,50)(H,52,53)(H4,32,33,35)(H3,34,40,44,45,51)/t16-,20+/m1/s1. The number of nitrogens with one attached hydrogen (secondary N) is 7. The van der Waals surface area contributed by atoms with E-state index in [2.05, 4.69) is 56.8 Å². The molecule has 0 spiro atoms. The highest BCUT2D eigenvalue weighted by Crippen LogP contribution is 2.12. The number of carboxylic acid groups (broad SMARTS) is 1. The number of benzene rings is 1. The molecule has 0 aliphatic carbocycles. The van der Waals surface area contributed by atoms with E-state index in [1.165, 1.54) is 18.3 Å². The molecular formula is C31H42N14O8. The Morgan fingerprint density at radius 1 is 0.887 bits per heavy atom. The van der Waals surface area contributed by atoms with Crippen LogP contribution >= 0.6 is 0 Å². The number of carbonyl (C=O) groups excluding carboxylic acids is 5. The predicted molar refractivity (Wildman–Crippen MR) is 191 cm³/mol. The molecular weight excluding hydrogens is 696 g/mol. The fraction of sp³-hybridized carbons (Fsp3) is 0.387. The molecule has 284 valence electrons. The number of fused-ring (bicyclic) bond motifs is 1. The summed E-state index contributed by atoms with van der Waals surface area (Å²) in [5, 5.41) is 24.7. The van der Waals surface area contributed by atoms with E-state index >= 15 is 0 Å². The quantitative estimate of drug-likeness (QED) is 0.0308. The Labute approximate surface area is 301 Å². The maximum atomic E-state index is 12.7. The van der Waals surface area contributed by atoms with Crippen LogP contribution in [0.4, 0.5) is 11.6 Å². The second kappa shape index (κ2) is 20.1. The molecule has 0 unspecified atom stereocenters. The lowest BCUT2D eigenvalue weighted by Gasteiger charge is -2.15. The van der Waals surface area contributed by atoms with Crippen molar-refractivity contribution in [2.75, 3.05) is 37.2 Å². The summed E-state index contributed by atoms with van der Waals surface area (Å²) in [7, 11) is 0. The second-order valence-corrected chi connectivity index (χ2v) is 11.6. The van der Waals surface area contributed by atoms with E-state index in [0.29, 0.717) is 30.8 Å². The molecule has 0 aliphatic heterocycles. The number of amides is 5. The predicted octanol–water partition coefficient (Wildman–Crippen LogP) is -3.22. The van der Waals surface area contributed by atoms with E-state index in [1.807, 2.05) is 0 Å². The molecule has 53 heavy (non-hydrogen) atoms. The highest BCUT2D eigenvalue weighted by Gasteiger charge is 2.22. The minimum atomic E-state index is -1.41. The Morgan fingerprint density at radius 2 is 1.53 bits per heavy atom. The van der Waals surface area contributed by atoms with Gasteiger partial charge in [-0.15, -0.1) is 0 Å². The maximum absolute atomic E-state index is 12.7. The number of aliphatic imine (C=N–C) groups is 1. The van der Waals surface area contributed by atoms with Gasteiger partial charge < -0.3 is 54.2 Å². The van der Waals surface area contributed by atoms with Gasteiger partial charge in [0.2, 0.25) is 29.6 Å². The summed E-state index contributed by atoms with van der Waals surface area (Å²) in [6.45, 7) is 1.14. The first kappa shape index (κ1) is 40.6. The van der Waals surface area contributed by atoms with Crippen LogP contribution in [0.25, 0.3) is 11.2 Å². The zero-order valence-corrected chi connectivity index (χ0v) is 28.7. The molecule has 22 nitrogen and oxygen atoms in total. The lowest BCUT2D eigenvalue weighted by atomic mass is 10.1. The van der Waals surface area contributed by atoms with Gasteiger partial charge in [-0.2, -0.15) is 4.98 Å². The Balaban J connectivity index is 1.33. The number of anilines is 2. The molecule has 1 aromatic carbocycles. The first-order valence-electron chi connectivity index (χ1n) is 16.2. The molecule has 0 bridgehead atoms. The van der Waals surface area contributed by atoms with E-state index in [4.69, 9.17) is 17.2 Å². The number of H-pyrrole nitrogens is 1. The van der Waals surface area contributed by atoms with Gasteiger partial charge in [-0.05, 0) is 50.5 Å². The molecule has 2 aromatic heterocycles. The Morgan fingerprint density at radius 3 is 2.17 bits per heavy atom. The minimum absolute atomic E-state index is 0.0132. The molecule has 2 heterocycles. The molecule has 3 aromatic rings. The summed E-state index contributed by atoms with van der Waals surface area (Å²) < 4.78 is 0. The van der Waals surface area contributed by atoms with Crippen molar-refractivity contribution in [2.24, 2.45) is 16.5 Å².